The molecule has 0 bridgehead atoms. The molecule has 1 aliphatic carbocycles. The molecule has 1 aromatic carbocycles. The zero-order valence-electron chi connectivity index (χ0n) is 16.1. The molecule has 1 atom stereocenters. The number of benzene rings is 1. The van der Waals surface area contributed by atoms with E-state index in [0.717, 1.165) is 37.1 Å². The van der Waals surface area contributed by atoms with Crippen LogP contribution in [-0.4, -0.2) is 16.1 Å². The number of aromatic nitrogens is 1. The fourth-order valence-corrected chi connectivity index (χ4v) is 4.10. The summed E-state index contributed by atoms with van der Waals surface area (Å²) in [6.07, 6.45) is 4.24. The second-order valence-corrected chi connectivity index (χ2v) is 8.62. The number of nitriles is 1. The van der Waals surface area contributed by atoms with E-state index in [-0.39, 0.29) is 11.2 Å². The summed E-state index contributed by atoms with van der Waals surface area (Å²) in [4.78, 5) is 17.3. The van der Waals surface area contributed by atoms with E-state index in [1.54, 1.807) is 0 Å². The van der Waals surface area contributed by atoms with E-state index in [1.165, 1.54) is 22.9 Å². The average Bonchev–Trinajstić information content (AvgIpc) is 2.67. The topological polar surface area (TPSA) is 65.8 Å². The van der Waals surface area contributed by atoms with Crippen molar-refractivity contribution < 1.29 is 4.79 Å². The first-order valence-corrected chi connectivity index (χ1v) is 10.4. The Balaban J connectivity index is 1.70. The van der Waals surface area contributed by atoms with Crippen molar-refractivity contribution in [2.75, 3.05) is 5.32 Å². The molecule has 1 N–H and O–H groups in total. The third kappa shape index (κ3) is 4.70. The zero-order chi connectivity index (χ0) is 19.4. The monoisotopic (exact) mass is 379 g/mol. The predicted molar refractivity (Wildman–Crippen MR) is 110 cm³/mol. The molecular formula is C22H25N3OS. The second-order valence-electron chi connectivity index (χ2n) is 7.29. The average molecular weight is 380 g/mol. The maximum atomic E-state index is 12.6. The molecule has 4 nitrogen and oxygen atoms in total. The number of pyridine rings is 1. The second kappa shape index (κ2) is 8.58. The number of thioether (sulfide) groups is 1. The quantitative estimate of drug-likeness (QED) is 0.736. The van der Waals surface area contributed by atoms with Gasteiger partial charge in [-0.15, -0.1) is 0 Å². The summed E-state index contributed by atoms with van der Waals surface area (Å²) in [5, 5.41) is 12.8. The number of anilines is 1. The van der Waals surface area contributed by atoms with Gasteiger partial charge in [0, 0.05) is 11.4 Å². The first-order valence-electron chi connectivity index (χ1n) is 9.48. The lowest BCUT2D eigenvalue weighted by molar-refractivity contribution is -0.115. The highest BCUT2D eigenvalue weighted by atomic mass is 32.2. The maximum Gasteiger partial charge on any atom is 0.237 e. The lowest BCUT2D eigenvalue weighted by Crippen LogP contribution is -2.22. The summed E-state index contributed by atoms with van der Waals surface area (Å²) in [6, 6.07) is 12.1. The molecule has 2 aromatic rings. The number of rotatable bonds is 5. The zero-order valence-corrected chi connectivity index (χ0v) is 16.9. The van der Waals surface area contributed by atoms with Gasteiger partial charge in [0.25, 0.3) is 0 Å². The van der Waals surface area contributed by atoms with Crippen LogP contribution in [0.15, 0.2) is 35.4 Å². The highest BCUT2D eigenvalue weighted by molar-refractivity contribution is 8.00. The van der Waals surface area contributed by atoms with Crippen LogP contribution in [0.25, 0.3) is 0 Å². The van der Waals surface area contributed by atoms with Crippen molar-refractivity contribution >= 4 is 23.4 Å². The lowest BCUT2D eigenvalue weighted by atomic mass is 9.95. The van der Waals surface area contributed by atoms with Gasteiger partial charge in [-0.05, 0) is 67.9 Å². The first kappa shape index (κ1) is 19.4. The van der Waals surface area contributed by atoms with E-state index < -0.39 is 0 Å². The van der Waals surface area contributed by atoms with E-state index >= 15 is 0 Å². The Morgan fingerprint density at radius 3 is 2.56 bits per heavy atom. The molecule has 1 amide bonds. The summed E-state index contributed by atoms with van der Waals surface area (Å²) >= 11 is 1.36. The predicted octanol–water partition coefficient (Wildman–Crippen LogP) is 5.07. The molecule has 0 saturated heterocycles. The molecule has 1 unspecified atom stereocenters. The van der Waals surface area contributed by atoms with Gasteiger partial charge >= 0.3 is 0 Å². The molecule has 1 aliphatic rings. The summed E-state index contributed by atoms with van der Waals surface area (Å²) < 4.78 is 0. The number of carbonyl (C=O) groups excluding carboxylic acids is 1. The molecule has 0 saturated carbocycles. The van der Waals surface area contributed by atoms with Gasteiger partial charge in [-0.2, -0.15) is 5.26 Å². The van der Waals surface area contributed by atoms with Gasteiger partial charge in [0.2, 0.25) is 5.91 Å². The standard InChI is InChI=1S/C22H25N3OS/c1-14(2)16-8-10-19(11-9-16)24-21(26)15(3)27-22-18(13-23)12-17-6-4-5-7-20(17)25-22/h8-12,14-15H,4-7H2,1-3H3,(H,24,26). The molecule has 27 heavy (non-hydrogen) atoms. The smallest absolute Gasteiger partial charge is 0.237 e. The highest BCUT2D eigenvalue weighted by Crippen LogP contribution is 2.30. The normalized spacial score (nSPS) is 14.3. The molecule has 0 fully saturated rings. The molecule has 0 radical (unpaired) electrons. The molecular weight excluding hydrogens is 354 g/mol. The van der Waals surface area contributed by atoms with Gasteiger partial charge in [0.05, 0.1) is 10.8 Å². The van der Waals surface area contributed by atoms with E-state index in [2.05, 4.69) is 25.2 Å². The number of nitrogens with zero attached hydrogens (tertiary/aromatic N) is 2. The van der Waals surface area contributed by atoms with Crippen molar-refractivity contribution in [3.63, 3.8) is 0 Å². The van der Waals surface area contributed by atoms with Crippen LogP contribution >= 0.6 is 11.8 Å². The number of nitrogens with one attached hydrogen (secondary N) is 1. The Morgan fingerprint density at radius 1 is 1.19 bits per heavy atom. The Labute approximate surface area is 165 Å². The first-order chi connectivity index (χ1) is 13.0. The van der Waals surface area contributed by atoms with Gasteiger partial charge in [-0.25, -0.2) is 4.98 Å². The van der Waals surface area contributed by atoms with Crippen LogP contribution in [-0.2, 0) is 17.6 Å². The van der Waals surface area contributed by atoms with Crippen LogP contribution in [0.3, 0.4) is 0 Å². The number of hydrogen-bond donors (Lipinski definition) is 1. The fourth-order valence-electron chi connectivity index (χ4n) is 3.20. The van der Waals surface area contributed by atoms with Crippen LogP contribution in [0.2, 0.25) is 0 Å². The van der Waals surface area contributed by atoms with Crippen molar-refractivity contribution in [3.8, 4) is 6.07 Å². The molecule has 3 rings (SSSR count). The van der Waals surface area contributed by atoms with E-state index in [9.17, 15) is 10.1 Å². The number of hydrogen-bond acceptors (Lipinski definition) is 4. The van der Waals surface area contributed by atoms with Crippen LogP contribution in [0.5, 0.6) is 0 Å². The van der Waals surface area contributed by atoms with Crippen molar-refractivity contribution in [2.24, 2.45) is 0 Å². The molecule has 1 aromatic heterocycles. The summed E-state index contributed by atoms with van der Waals surface area (Å²) in [6.45, 7) is 6.14. The van der Waals surface area contributed by atoms with E-state index in [4.69, 9.17) is 4.98 Å². The van der Waals surface area contributed by atoms with Gasteiger partial charge in [0.15, 0.2) is 0 Å². The van der Waals surface area contributed by atoms with Gasteiger partial charge in [0.1, 0.15) is 11.1 Å². The Bertz CT molecular complexity index is 868. The van der Waals surface area contributed by atoms with Crippen molar-refractivity contribution in [1.29, 1.82) is 5.26 Å². The molecule has 0 spiro atoms. The Kier molecular flexibility index (Phi) is 6.18. The molecule has 140 valence electrons. The van der Waals surface area contributed by atoms with Crippen molar-refractivity contribution in [1.82, 2.24) is 4.98 Å². The minimum Gasteiger partial charge on any atom is -0.325 e. The summed E-state index contributed by atoms with van der Waals surface area (Å²) in [5.41, 5.74) is 4.87. The van der Waals surface area contributed by atoms with Crippen LogP contribution in [0, 0.1) is 11.3 Å². The minimum absolute atomic E-state index is 0.0827. The number of aryl methyl sites for hydroxylation is 2. The lowest BCUT2D eigenvalue weighted by Gasteiger charge is -2.18. The third-order valence-corrected chi connectivity index (χ3v) is 5.99. The Morgan fingerprint density at radius 2 is 1.89 bits per heavy atom. The SMILES string of the molecule is CC(Sc1nc2c(cc1C#N)CCCC2)C(=O)Nc1ccc(C(C)C)cc1. The fraction of sp³-hybridized carbons (Fsp3) is 0.409. The van der Waals surface area contributed by atoms with E-state index in [0.29, 0.717) is 16.5 Å². The molecule has 5 heteroatoms. The van der Waals surface area contributed by atoms with Crippen molar-refractivity contribution in [2.45, 2.75) is 62.6 Å². The summed E-state index contributed by atoms with van der Waals surface area (Å²) in [7, 11) is 0. The Hall–Kier alpha value is -2.32. The van der Waals surface area contributed by atoms with Crippen LogP contribution < -0.4 is 5.32 Å². The largest absolute Gasteiger partial charge is 0.325 e. The minimum atomic E-state index is -0.337. The van der Waals surface area contributed by atoms with Gasteiger partial charge < -0.3 is 5.32 Å². The molecule has 0 aliphatic heterocycles. The third-order valence-electron chi connectivity index (χ3n) is 4.89. The van der Waals surface area contributed by atoms with Gasteiger partial charge in [-0.1, -0.05) is 37.7 Å². The highest BCUT2D eigenvalue weighted by Gasteiger charge is 2.20. The summed E-state index contributed by atoms with van der Waals surface area (Å²) in [5.74, 6) is 0.379. The maximum absolute atomic E-state index is 12.6. The number of fused-ring (bicyclic) bond motifs is 1. The number of amides is 1. The van der Waals surface area contributed by atoms with Gasteiger partial charge in [-0.3, -0.25) is 4.79 Å². The molecule has 1 heterocycles. The number of carbonyl (C=O) groups is 1. The van der Waals surface area contributed by atoms with E-state index in [1.807, 2.05) is 37.3 Å². The van der Waals surface area contributed by atoms with Crippen LogP contribution in [0.1, 0.15) is 61.9 Å². The van der Waals surface area contributed by atoms with Crippen molar-refractivity contribution in [3.05, 3.63) is 52.7 Å². The van der Waals surface area contributed by atoms with Crippen LogP contribution in [0.4, 0.5) is 5.69 Å².